The number of nitrogens with one attached hydrogen (secondary N) is 2. The van der Waals surface area contributed by atoms with E-state index in [-0.39, 0.29) is 29.2 Å². The van der Waals surface area contributed by atoms with Gasteiger partial charge in [-0.3, -0.25) is 4.79 Å². The Balaban J connectivity index is 1.71. The lowest BCUT2D eigenvalue weighted by molar-refractivity contribution is -0.287. The van der Waals surface area contributed by atoms with E-state index in [1.165, 1.54) is 54.9 Å². The highest BCUT2D eigenvalue weighted by Crippen LogP contribution is 2.45. The second-order valence-electron chi connectivity index (χ2n) is 8.37. The van der Waals surface area contributed by atoms with Gasteiger partial charge in [-0.05, 0) is 35.4 Å². The van der Waals surface area contributed by atoms with E-state index in [2.05, 4.69) is 5.32 Å². The third-order valence-corrected chi connectivity index (χ3v) is 6.25. The summed E-state index contributed by atoms with van der Waals surface area (Å²) in [5.74, 6) is -2.74. The molecule has 2 amide bonds. The SMILES string of the molecule is COc1cc([C@H]2NC(=O)N[C@@](O)(C(F)(F)F)[C@H]2C(=O)c2ccccc2)ccc1OCc1ccc(Cl)cc1. The zero-order valence-corrected chi connectivity index (χ0v) is 20.1. The fraction of sp³-hybridized carbons (Fsp3) is 0.231. The lowest BCUT2D eigenvalue weighted by atomic mass is 9.77. The summed E-state index contributed by atoms with van der Waals surface area (Å²) >= 11 is 5.89. The van der Waals surface area contributed by atoms with Crippen LogP contribution in [0.2, 0.25) is 5.02 Å². The Morgan fingerprint density at radius 2 is 1.73 bits per heavy atom. The van der Waals surface area contributed by atoms with E-state index in [0.717, 1.165) is 5.56 Å². The number of carbonyl (C=O) groups excluding carboxylic acids is 2. The summed E-state index contributed by atoms with van der Waals surface area (Å²) in [5, 5.41) is 15.2. The number of ketones is 1. The molecule has 0 bridgehead atoms. The highest BCUT2D eigenvalue weighted by Gasteiger charge is 2.66. The Kier molecular flexibility index (Phi) is 7.33. The molecule has 3 aromatic carbocycles. The van der Waals surface area contributed by atoms with E-state index in [0.29, 0.717) is 5.02 Å². The summed E-state index contributed by atoms with van der Waals surface area (Å²) in [6.45, 7) is 0.153. The van der Waals surface area contributed by atoms with Crippen molar-refractivity contribution in [3.05, 3.63) is 94.5 Å². The van der Waals surface area contributed by atoms with Gasteiger partial charge in [-0.25, -0.2) is 4.79 Å². The summed E-state index contributed by atoms with van der Waals surface area (Å²) in [7, 11) is 1.34. The first-order valence-electron chi connectivity index (χ1n) is 11.1. The van der Waals surface area contributed by atoms with Gasteiger partial charge in [0, 0.05) is 10.6 Å². The molecule has 7 nitrogen and oxygen atoms in total. The van der Waals surface area contributed by atoms with Gasteiger partial charge in [0.2, 0.25) is 5.72 Å². The fourth-order valence-electron chi connectivity index (χ4n) is 4.14. The van der Waals surface area contributed by atoms with Gasteiger partial charge in [-0.1, -0.05) is 60.1 Å². The minimum absolute atomic E-state index is 0.0620. The predicted molar refractivity (Wildman–Crippen MR) is 128 cm³/mol. The highest BCUT2D eigenvalue weighted by atomic mass is 35.5. The van der Waals surface area contributed by atoms with Crippen LogP contribution in [0.1, 0.15) is 27.5 Å². The minimum Gasteiger partial charge on any atom is -0.493 e. The first kappa shape index (κ1) is 26.3. The van der Waals surface area contributed by atoms with Gasteiger partial charge in [0.05, 0.1) is 13.2 Å². The molecule has 0 aliphatic carbocycles. The molecule has 1 heterocycles. The van der Waals surface area contributed by atoms with Crippen LogP contribution in [0.4, 0.5) is 18.0 Å². The summed E-state index contributed by atoms with van der Waals surface area (Å²) in [6, 6.07) is 15.5. The quantitative estimate of drug-likeness (QED) is 0.369. The predicted octanol–water partition coefficient (Wildman–Crippen LogP) is 5.03. The minimum atomic E-state index is -5.36. The van der Waals surface area contributed by atoms with Crippen molar-refractivity contribution in [1.29, 1.82) is 0 Å². The summed E-state index contributed by atoms with van der Waals surface area (Å²) in [6.07, 6.45) is -5.36. The van der Waals surface area contributed by atoms with Crippen LogP contribution in [0.25, 0.3) is 0 Å². The first-order chi connectivity index (χ1) is 17.5. The van der Waals surface area contributed by atoms with Crippen molar-refractivity contribution in [2.24, 2.45) is 5.92 Å². The molecule has 1 saturated heterocycles. The summed E-state index contributed by atoms with van der Waals surface area (Å²) in [5.41, 5.74) is -2.98. The van der Waals surface area contributed by atoms with E-state index in [1.807, 2.05) is 0 Å². The number of aliphatic hydroxyl groups is 1. The molecular formula is C26H22ClF3N2O5. The van der Waals surface area contributed by atoms with Gasteiger partial charge in [-0.15, -0.1) is 0 Å². The number of alkyl halides is 3. The lowest BCUT2D eigenvalue weighted by Gasteiger charge is -2.45. The van der Waals surface area contributed by atoms with E-state index in [4.69, 9.17) is 21.1 Å². The molecule has 3 N–H and O–H groups in total. The van der Waals surface area contributed by atoms with Gasteiger partial charge >= 0.3 is 12.2 Å². The molecule has 0 saturated carbocycles. The zero-order chi connectivity index (χ0) is 26.8. The molecule has 0 aromatic heterocycles. The van der Waals surface area contributed by atoms with Crippen LogP contribution in [0, 0.1) is 5.92 Å². The maximum atomic E-state index is 14.1. The number of hydrogen-bond donors (Lipinski definition) is 3. The molecular weight excluding hydrogens is 513 g/mol. The van der Waals surface area contributed by atoms with Crippen molar-refractivity contribution in [3.63, 3.8) is 0 Å². The third kappa shape index (κ3) is 5.35. The van der Waals surface area contributed by atoms with E-state index in [9.17, 15) is 27.9 Å². The van der Waals surface area contributed by atoms with Crippen molar-refractivity contribution in [2.75, 3.05) is 7.11 Å². The van der Waals surface area contributed by atoms with Crippen LogP contribution in [-0.2, 0) is 6.61 Å². The second kappa shape index (κ2) is 10.3. The smallest absolute Gasteiger partial charge is 0.437 e. The lowest BCUT2D eigenvalue weighted by Crippen LogP contribution is -2.72. The number of rotatable bonds is 7. The van der Waals surface area contributed by atoms with Crippen molar-refractivity contribution in [3.8, 4) is 11.5 Å². The molecule has 1 fully saturated rings. The number of hydrogen-bond acceptors (Lipinski definition) is 5. The summed E-state index contributed by atoms with van der Waals surface area (Å²) in [4.78, 5) is 25.6. The number of Topliss-reactive ketones (excluding diaryl/α,β-unsaturated/α-hetero) is 1. The average Bonchev–Trinajstić information content (AvgIpc) is 2.87. The number of benzene rings is 3. The van der Waals surface area contributed by atoms with Crippen molar-refractivity contribution in [1.82, 2.24) is 10.6 Å². The summed E-state index contributed by atoms with van der Waals surface area (Å²) < 4.78 is 53.5. The fourth-order valence-corrected chi connectivity index (χ4v) is 4.26. The third-order valence-electron chi connectivity index (χ3n) is 6.00. The number of halogens is 4. The molecule has 194 valence electrons. The number of methoxy groups -OCH3 is 1. The molecule has 3 aromatic rings. The monoisotopic (exact) mass is 534 g/mol. The van der Waals surface area contributed by atoms with Crippen LogP contribution < -0.4 is 20.1 Å². The maximum Gasteiger partial charge on any atom is 0.437 e. The van der Waals surface area contributed by atoms with Crippen LogP contribution in [-0.4, -0.2) is 35.9 Å². The van der Waals surface area contributed by atoms with E-state index in [1.54, 1.807) is 30.3 Å². The average molecular weight is 535 g/mol. The number of amides is 2. The number of carbonyl (C=O) groups is 2. The Labute approximate surface area is 215 Å². The second-order valence-corrected chi connectivity index (χ2v) is 8.81. The van der Waals surface area contributed by atoms with Crippen LogP contribution in [0.3, 0.4) is 0 Å². The molecule has 1 aliphatic rings. The first-order valence-corrected chi connectivity index (χ1v) is 11.4. The molecule has 3 atom stereocenters. The zero-order valence-electron chi connectivity index (χ0n) is 19.4. The van der Waals surface area contributed by atoms with Crippen molar-refractivity contribution in [2.45, 2.75) is 24.6 Å². The van der Waals surface area contributed by atoms with Gasteiger partial charge in [-0.2, -0.15) is 13.2 Å². The molecule has 4 rings (SSSR count). The Morgan fingerprint density at radius 3 is 2.35 bits per heavy atom. The largest absolute Gasteiger partial charge is 0.493 e. The van der Waals surface area contributed by atoms with Gasteiger partial charge in [0.1, 0.15) is 12.5 Å². The van der Waals surface area contributed by atoms with Crippen LogP contribution in [0.15, 0.2) is 72.8 Å². The molecule has 37 heavy (non-hydrogen) atoms. The van der Waals surface area contributed by atoms with E-state index >= 15 is 0 Å². The Bertz CT molecular complexity index is 1290. The molecule has 0 unspecified atom stereocenters. The van der Waals surface area contributed by atoms with Gasteiger partial charge in [0.25, 0.3) is 0 Å². The topological polar surface area (TPSA) is 96.9 Å². The molecule has 0 radical (unpaired) electrons. The highest BCUT2D eigenvalue weighted by molar-refractivity contribution is 6.30. The van der Waals surface area contributed by atoms with Gasteiger partial charge < -0.3 is 25.2 Å². The molecule has 1 aliphatic heterocycles. The molecule has 11 heteroatoms. The van der Waals surface area contributed by atoms with Crippen molar-refractivity contribution >= 4 is 23.4 Å². The van der Waals surface area contributed by atoms with Crippen LogP contribution >= 0.6 is 11.6 Å². The van der Waals surface area contributed by atoms with E-state index < -0.39 is 35.7 Å². The van der Waals surface area contributed by atoms with Crippen LogP contribution in [0.5, 0.6) is 11.5 Å². The Hall–Kier alpha value is -3.76. The number of ether oxygens (including phenoxy) is 2. The Morgan fingerprint density at radius 1 is 1.05 bits per heavy atom. The maximum absolute atomic E-state index is 14.1. The molecule has 0 spiro atoms. The van der Waals surface area contributed by atoms with Crippen molar-refractivity contribution < 1.29 is 37.3 Å². The van der Waals surface area contributed by atoms with Gasteiger partial charge in [0.15, 0.2) is 17.3 Å². The standard InChI is InChI=1S/C26H22ClF3N2O5/c1-36-20-13-17(9-12-19(20)37-14-15-7-10-18(27)11-8-15)22-21(23(33)16-5-3-2-4-6-16)25(35,26(28,29)30)32-24(34)31-22/h2-13,21-22,35H,14H2,1H3,(H2,31,32,34)/t21-,22-,25+/m1/s1. The number of urea groups is 1. The normalized spacial score (nSPS) is 21.5.